The van der Waals surface area contributed by atoms with Crippen molar-refractivity contribution in [3.05, 3.63) is 59.2 Å². The summed E-state index contributed by atoms with van der Waals surface area (Å²) in [5, 5.41) is 2.91. The lowest BCUT2D eigenvalue weighted by Crippen LogP contribution is -2.32. The molecule has 0 aliphatic carbocycles. The molecule has 0 saturated heterocycles. The van der Waals surface area contributed by atoms with Crippen LogP contribution in [-0.4, -0.2) is 27.4 Å². The molecule has 2 aromatic carbocycles. The smallest absolute Gasteiger partial charge is 0.264 e. The van der Waals surface area contributed by atoms with Crippen molar-refractivity contribution in [2.75, 3.05) is 11.4 Å². The molecule has 140 valence electrons. The Hall–Kier alpha value is -2.34. The Bertz CT molecular complexity index is 890. The Labute approximate surface area is 156 Å². The summed E-state index contributed by atoms with van der Waals surface area (Å²) in [7, 11) is -2.13. The first kappa shape index (κ1) is 20.0. The number of carbonyl (C=O) groups excluding carboxylic acids is 1. The summed E-state index contributed by atoms with van der Waals surface area (Å²) in [6.45, 7) is 7.66. The molecule has 6 heteroatoms. The minimum absolute atomic E-state index is 0.0899. The van der Waals surface area contributed by atoms with E-state index in [2.05, 4.69) is 5.32 Å². The van der Waals surface area contributed by atoms with Gasteiger partial charge in [0.15, 0.2) is 0 Å². The van der Waals surface area contributed by atoms with E-state index >= 15 is 0 Å². The highest BCUT2D eigenvalue weighted by molar-refractivity contribution is 7.92. The summed E-state index contributed by atoms with van der Waals surface area (Å²) < 4.78 is 26.9. The number of carbonyl (C=O) groups is 1. The summed E-state index contributed by atoms with van der Waals surface area (Å²) >= 11 is 0. The van der Waals surface area contributed by atoms with Gasteiger partial charge in [0.25, 0.3) is 15.9 Å². The SMILES string of the molecule is CC[C@@H](C)NC(=O)c1ccc(N(C)S(=O)(=O)c2ccc(C)cc2)c(C)c1. The highest BCUT2D eigenvalue weighted by Crippen LogP contribution is 2.26. The first-order valence-electron chi connectivity index (χ1n) is 8.64. The largest absolute Gasteiger partial charge is 0.350 e. The van der Waals surface area contributed by atoms with Crippen molar-refractivity contribution in [1.29, 1.82) is 0 Å². The highest BCUT2D eigenvalue weighted by Gasteiger charge is 2.23. The second-order valence-corrected chi connectivity index (χ2v) is 8.54. The van der Waals surface area contributed by atoms with Gasteiger partial charge >= 0.3 is 0 Å². The van der Waals surface area contributed by atoms with Crippen molar-refractivity contribution < 1.29 is 13.2 Å². The van der Waals surface area contributed by atoms with E-state index in [4.69, 9.17) is 0 Å². The van der Waals surface area contributed by atoms with Crippen molar-refractivity contribution in [1.82, 2.24) is 5.32 Å². The van der Waals surface area contributed by atoms with Crippen LogP contribution in [0.3, 0.4) is 0 Å². The Morgan fingerprint density at radius 1 is 1.12 bits per heavy atom. The minimum Gasteiger partial charge on any atom is -0.350 e. The van der Waals surface area contributed by atoms with Gasteiger partial charge in [0.1, 0.15) is 0 Å². The van der Waals surface area contributed by atoms with Gasteiger partial charge < -0.3 is 5.32 Å². The monoisotopic (exact) mass is 374 g/mol. The number of aryl methyl sites for hydroxylation is 2. The number of hydrogen-bond donors (Lipinski definition) is 1. The van der Waals surface area contributed by atoms with Crippen LogP contribution in [0.4, 0.5) is 5.69 Å². The predicted octanol–water partition coefficient (Wildman–Crippen LogP) is 3.66. The molecule has 0 spiro atoms. The van der Waals surface area contributed by atoms with E-state index in [1.807, 2.05) is 20.8 Å². The van der Waals surface area contributed by atoms with E-state index in [9.17, 15) is 13.2 Å². The van der Waals surface area contributed by atoms with Gasteiger partial charge in [-0.15, -0.1) is 0 Å². The maximum atomic E-state index is 12.8. The van der Waals surface area contributed by atoms with Crippen LogP contribution in [0, 0.1) is 13.8 Å². The van der Waals surface area contributed by atoms with E-state index in [1.54, 1.807) is 49.4 Å². The van der Waals surface area contributed by atoms with Crippen molar-refractivity contribution in [2.45, 2.75) is 45.1 Å². The van der Waals surface area contributed by atoms with Crippen LogP contribution in [0.25, 0.3) is 0 Å². The fraction of sp³-hybridized carbons (Fsp3) is 0.350. The minimum atomic E-state index is -3.65. The molecule has 0 fully saturated rings. The van der Waals surface area contributed by atoms with Crippen LogP contribution in [0.2, 0.25) is 0 Å². The first-order chi connectivity index (χ1) is 12.2. The van der Waals surface area contributed by atoms with Gasteiger partial charge in [0.05, 0.1) is 10.6 Å². The number of hydrogen-bond acceptors (Lipinski definition) is 3. The number of sulfonamides is 1. The number of nitrogens with zero attached hydrogens (tertiary/aromatic N) is 1. The van der Waals surface area contributed by atoms with Gasteiger partial charge in [0, 0.05) is 18.7 Å². The molecule has 0 aliphatic heterocycles. The zero-order chi connectivity index (χ0) is 19.5. The van der Waals surface area contributed by atoms with Gasteiger partial charge in [-0.2, -0.15) is 0 Å². The van der Waals surface area contributed by atoms with Gasteiger partial charge in [-0.1, -0.05) is 24.6 Å². The van der Waals surface area contributed by atoms with Crippen LogP contribution in [0.1, 0.15) is 41.8 Å². The summed E-state index contributed by atoms with van der Waals surface area (Å²) in [6.07, 6.45) is 0.848. The Kier molecular flexibility index (Phi) is 6.08. The van der Waals surface area contributed by atoms with Crippen LogP contribution in [0.5, 0.6) is 0 Å². The van der Waals surface area contributed by atoms with Crippen LogP contribution in [0.15, 0.2) is 47.4 Å². The fourth-order valence-corrected chi connectivity index (χ4v) is 3.82. The lowest BCUT2D eigenvalue weighted by atomic mass is 10.1. The molecule has 2 aromatic rings. The third kappa shape index (κ3) is 4.25. The van der Waals surface area contributed by atoms with E-state index in [1.165, 1.54) is 11.4 Å². The molecular weight excluding hydrogens is 348 g/mol. The molecule has 0 aromatic heterocycles. The first-order valence-corrected chi connectivity index (χ1v) is 10.1. The summed E-state index contributed by atoms with van der Waals surface area (Å²) in [6, 6.07) is 11.9. The highest BCUT2D eigenvalue weighted by atomic mass is 32.2. The molecule has 0 bridgehead atoms. The number of anilines is 1. The topological polar surface area (TPSA) is 66.5 Å². The molecule has 0 aliphatic rings. The molecule has 2 rings (SSSR count). The van der Waals surface area contributed by atoms with Crippen molar-refractivity contribution in [3.8, 4) is 0 Å². The third-order valence-corrected chi connectivity index (χ3v) is 6.25. The van der Waals surface area contributed by atoms with E-state index in [0.29, 0.717) is 11.3 Å². The average molecular weight is 375 g/mol. The van der Waals surface area contributed by atoms with Gasteiger partial charge in [-0.3, -0.25) is 9.10 Å². The molecule has 1 N–H and O–H groups in total. The summed E-state index contributed by atoms with van der Waals surface area (Å²) in [4.78, 5) is 12.5. The standard InChI is InChI=1S/C20H26N2O3S/c1-6-16(4)21-20(23)17-9-12-19(15(3)13-17)22(5)26(24,25)18-10-7-14(2)8-11-18/h7-13,16H,6H2,1-5H3,(H,21,23)/t16-/m1/s1. The summed E-state index contributed by atoms with van der Waals surface area (Å²) in [5.41, 5.74) is 2.79. The lowest BCUT2D eigenvalue weighted by molar-refractivity contribution is 0.0939. The molecule has 0 radical (unpaired) electrons. The zero-order valence-corrected chi connectivity index (χ0v) is 16.7. The van der Waals surface area contributed by atoms with Crippen molar-refractivity contribution >= 4 is 21.6 Å². The maximum Gasteiger partial charge on any atom is 0.264 e. The molecule has 26 heavy (non-hydrogen) atoms. The number of nitrogens with one attached hydrogen (secondary N) is 1. The molecule has 1 amide bonds. The zero-order valence-electron chi connectivity index (χ0n) is 15.9. The molecule has 0 unspecified atom stereocenters. The Morgan fingerprint density at radius 3 is 2.27 bits per heavy atom. The number of rotatable bonds is 6. The molecule has 0 saturated carbocycles. The van der Waals surface area contributed by atoms with Gasteiger partial charge in [0.2, 0.25) is 0 Å². The second kappa shape index (κ2) is 7.91. The number of benzene rings is 2. The van der Waals surface area contributed by atoms with E-state index in [0.717, 1.165) is 17.5 Å². The van der Waals surface area contributed by atoms with Gasteiger partial charge in [-0.25, -0.2) is 8.42 Å². The maximum absolute atomic E-state index is 12.8. The second-order valence-electron chi connectivity index (χ2n) is 6.57. The van der Waals surface area contributed by atoms with Crippen molar-refractivity contribution in [3.63, 3.8) is 0 Å². The predicted molar refractivity (Wildman–Crippen MR) is 105 cm³/mol. The summed E-state index contributed by atoms with van der Waals surface area (Å²) in [5.74, 6) is -0.155. The van der Waals surface area contributed by atoms with Crippen LogP contribution >= 0.6 is 0 Å². The van der Waals surface area contributed by atoms with Crippen LogP contribution in [-0.2, 0) is 10.0 Å². The quantitative estimate of drug-likeness (QED) is 0.839. The Balaban J connectivity index is 2.31. The van der Waals surface area contributed by atoms with E-state index in [-0.39, 0.29) is 16.8 Å². The fourth-order valence-electron chi connectivity index (χ4n) is 2.56. The normalized spacial score (nSPS) is 12.5. The van der Waals surface area contributed by atoms with Gasteiger partial charge in [-0.05, 0) is 63.1 Å². The average Bonchev–Trinajstić information content (AvgIpc) is 2.61. The Morgan fingerprint density at radius 2 is 1.73 bits per heavy atom. The van der Waals surface area contributed by atoms with Crippen molar-refractivity contribution in [2.24, 2.45) is 0 Å². The molecule has 5 nitrogen and oxygen atoms in total. The third-order valence-electron chi connectivity index (χ3n) is 4.47. The molecule has 1 atom stereocenters. The molecule has 0 heterocycles. The lowest BCUT2D eigenvalue weighted by Gasteiger charge is -2.22. The number of amides is 1. The molecular formula is C20H26N2O3S. The van der Waals surface area contributed by atoms with E-state index < -0.39 is 10.0 Å². The van der Waals surface area contributed by atoms with Crippen LogP contribution < -0.4 is 9.62 Å².